The first-order valence-electron chi connectivity index (χ1n) is 10.7. The van der Waals surface area contributed by atoms with Crippen molar-refractivity contribution in [2.24, 2.45) is 0 Å². The van der Waals surface area contributed by atoms with Crippen LogP contribution in [0.15, 0.2) is 24.3 Å². The number of carbonyl (C=O) groups is 1. The molecule has 7 nitrogen and oxygen atoms in total. The summed E-state index contributed by atoms with van der Waals surface area (Å²) in [6.45, 7) is 7.35. The van der Waals surface area contributed by atoms with Crippen LogP contribution >= 0.6 is 0 Å². The third kappa shape index (κ3) is 6.15. The second kappa shape index (κ2) is 10.9. The number of morpholine rings is 1. The number of nitrogens with zero attached hydrogens (tertiary/aromatic N) is 2. The zero-order chi connectivity index (χ0) is 20.6. The Morgan fingerprint density at radius 2 is 1.86 bits per heavy atom. The molecule has 1 aromatic rings. The Labute approximate surface area is 173 Å². The number of hydrogen-bond donors (Lipinski definition) is 3. The van der Waals surface area contributed by atoms with Gasteiger partial charge in [0.05, 0.1) is 12.7 Å². The summed E-state index contributed by atoms with van der Waals surface area (Å²) in [6.07, 6.45) is 4.62. The maximum absolute atomic E-state index is 9.13. The van der Waals surface area contributed by atoms with Crippen LogP contribution in [0.4, 0.5) is 5.69 Å². The summed E-state index contributed by atoms with van der Waals surface area (Å²) in [5.41, 5.74) is 2.69. The number of ether oxygens (including phenoxy) is 1. The van der Waals surface area contributed by atoms with Crippen molar-refractivity contribution in [2.75, 3.05) is 44.3 Å². The Morgan fingerprint density at radius 3 is 2.52 bits per heavy atom. The molecule has 0 unspecified atom stereocenters. The van der Waals surface area contributed by atoms with Gasteiger partial charge in [-0.15, -0.1) is 0 Å². The molecule has 1 aromatic carbocycles. The molecule has 0 aromatic heterocycles. The number of aliphatic hydroxyl groups is 1. The lowest BCUT2D eigenvalue weighted by molar-refractivity contribution is -0.122. The van der Waals surface area contributed by atoms with Crippen LogP contribution in [0.3, 0.4) is 0 Å². The van der Waals surface area contributed by atoms with Gasteiger partial charge in [0.25, 0.3) is 6.47 Å². The van der Waals surface area contributed by atoms with Crippen LogP contribution in [0.5, 0.6) is 0 Å². The van der Waals surface area contributed by atoms with Crippen LogP contribution in [-0.2, 0) is 9.53 Å². The molecule has 3 N–H and O–H groups in total. The molecule has 0 saturated carbocycles. The molecule has 0 amide bonds. The topological polar surface area (TPSA) is 85.3 Å². The van der Waals surface area contributed by atoms with Gasteiger partial charge < -0.3 is 25.2 Å². The summed E-state index contributed by atoms with van der Waals surface area (Å²) in [7, 11) is 0. The maximum atomic E-state index is 9.13. The summed E-state index contributed by atoms with van der Waals surface area (Å²) < 4.78 is 5.91. The van der Waals surface area contributed by atoms with Gasteiger partial charge in [-0.2, -0.15) is 0 Å². The van der Waals surface area contributed by atoms with Crippen LogP contribution in [0.25, 0.3) is 0 Å². The molecule has 0 radical (unpaired) electrons. The van der Waals surface area contributed by atoms with E-state index in [1.165, 1.54) is 30.5 Å². The van der Waals surface area contributed by atoms with Gasteiger partial charge in [0.15, 0.2) is 0 Å². The normalized spacial score (nSPS) is 27.8. The van der Waals surface area contributed by atoms with Crippen molar-refractivity contribution in [2.45, 2.75) is 56.8 Å². The van der Waals surface area contributed by atoms with E-state index >= 15 is 0 Å². The van der Waals surface area contributed by atoms with E-state index in [0.717, 1.165) is 39.2 Å². The van der Waals surface area contributed by atoms with E-state index in [1.807, 2.05) is 0 Å². The first-order valence-corrected chi connectivity index (χ1v) is 10.7. The van der Waals surface area contributed by atoms with Crippen LogP contribution in [0.1, 0.15) is 31.2 Å². The number of anilines is 1. The molecule has 3 atom stereocenters. The highest BCUT2D eigenvalue weighted by molar-refractivity contribution is 5.47. The molecule has 162 valence electrons. The summed E-state index contributed by atoms with van der Waals surface area (Å²) in [5, 5.41) is 19.9. The highest BCUT2D eigenvalue weighted by Crippen LogP contribution is 2.26. The largest absolute Gasteiger partial charge is 0.483 e. The molecule has 0 aliphatic carbocycles. The van der Waals surface area contributed by atoms with Gasteiger partial charge in [-0.1, -0.05) is 17.7 Å². The number of hydrogen-bond acceptors (Lipinski definition) is 6. The van der Waals surface area contributed by atoms with Crippen molar-refractivity contribution in [1.29, 1.82) is 0 Å². The van der Waals surface area contributed by atoms with E-state index in [1.54, 1.807) is 0 Å². The molecule has 3 aliphatic rings. The molecule has 3 fully saturated rings. The van der Waals surface area contributed by atoms with Crippen LogP contribution in [0.2, 0.25) is 0 Å². The quantitative estimate of drug-likeness (QED) is 0.640. The number of fused-ring (bicyclic) bond motifs is 1. The zero-order valence-corrected chi connectivity index (χ0v) is 17.4. The van der Waals surface area contributed by atoms with Crippen LogP contribution in [0, 0.1) is 6.92 Å². The fourth-order valence-electron chi connectivity index (χ4n) is 4.78. The smallest absolute Gasteiger partial charge is 0.290 e. The van der Waals surface area contributed by atoms with Gasteiger partial charge in [-0.25, -0.2) is 0 Å². The molecular weight excluding hydrogens is 370 g/mol. The van der Waals surface area contributed by atoms with Crippen molar-refractivity contribution in [3.05, 3.63) is 29.8 Å². The molecular formula is C22H35N3O4. The van der Waals surface area contributed by atoms with E-state index in [0.29, 0.717) is 18.1 Å². The van der Waals surface area contributed by atoms with E-state index in [2.05, 4.69) is 46.3 Å². The summed E-state index contributed by atoms with van der Waals surface area (Å²) >= 11 is 0. The fourth-order valence-corrected chi connectivity index (χ4v) is 4.78. The Hall–Kier alpha value is -1.67. The molecule has 3 aliphatic heterocycles. The van der Waals surface area contributed by atoms with E-state index in [9.17, 15) is 0 Å². The van der Waals surface area contributed by atoms with E-state index < -0.39 is 0 Å². The molecule has 7 heteroatoms. The van der Waals surface area contributed by atoms with Crippen molar-refractivity contribution < 1.29 is 19.7 Å². The molecule has 3 saturated heterocycles. The number of benzene rings is 1. The summed E-state index contributed by atoms with van der Waals surface area (Å²) in [6, 6.07) is 10.7. The average molecular weight is 406 g/mol. The Bertz CT molecular complexity index is 619. The highest BCUT2D eigenvalue weighted by Gasteiger charge is 2.38. The number of piperidine rings is 1. The Balaban J connectivity index is 0.000000755. The van der Waals surface area contributed by atoms with E-state index in [4.69, 9.17) is 19.7 Å². The average Bonchev–Trinajstić information content (AvgIpc) is 3.12. The lowest BCUT2D eigenvalue weighted by Crippen LogP contribution is -2.48. The Morgan fingerprint density at radius 1 is 1.17 bits per heavy atom. The van der Waals surface area contributed by atoms with Gasteiger partial charge in [-0.05, 0) is 44.7 Å². The highest BCUT2D eigenvalue weighted by atomic mass is 16.5. The fraction of sp³-hybridized carbons (Fsp3) is 0.682. The predicted octanol–water partition coefficient (Wildman–Crippen LogP) is 1.48. The maximum Gasteiger partial charge on any atom is 0.290 e. The molecule has 0 bridgehead atoms. The van der Waals surface area contributed by atoms with Gasteiger partial charge in [0.1, 0.15) is 0 Å². The number of aliphatic hydroxyl groups excluding tert-OH is 1. The number of carboxylic acid groups (broad SMARTS) is 1. The van der Waals surface area contributed by atoms with Gasteiger partial charge in [0.2, 0.25) is 0 Å². The number of aryl methyl sites for hydroxylation is 1. The summed E-state index contributed by atoms with van der Waals surface area (Å²) in [4.78, 5) is 13.5. The zero-order valence-electron chi connectivity index (χ0n) is 17.4. The second-order valence-electron chi connectivity index (χ2n) is 8.38. The van der Waals surface area contributed by atoms with Crippen molar-refractivity contribution in [3.63, 3.8) is 0 Å². The second-order valence-corrected chi connectivity index (χ2v) is 8.38. The van der Waals surface area contributed by atoms with Gasteiger partial charge in [0, 0.05) is 56.6 Å². The first-order chi connectivity index (χ1) is 14.1. The first kappa shape index (κ1) is 22.0. The number of nitrogens with one attached hydrogen (secondary N) is 1. The lowest BCUT2D eigenvalue weighted by atomic mass is 10.0. The third-order valence-corrected chi connectivity index (χ3v) is 6.31. The number of rotatable bonds is 5. The van der Waals surface area contributed by atoms with Crippen LogP contribution in [-0.4, -0.2) is 85.2 Å². The SMILES string of the molecule is Cc1ccc(N2CCC(N[C@@H]3C[C@H]4CO[C@@H](CCO)CN4C3)CC2)cc1.O=CO. The van der Waals surface area contributed by atoms with Crippen LogP contribution < -0.4 is 10.2 Å². The molecule has 0 spiro atoms. The van der Waals surface area contributed by atoms with Gasteiger partial charge >= 0.3 is 0 Å². The lowest BCUT2D eigenvalue weighted by Gasteiger charge is -2.35. The molecule has 29 heavy (non-hydrogen) atoms. The van der Waals surface area contributed by atoms with Gasteiger partial charge in [-0.3, -0.25) is 9.69 Å². The third-order valence-electron chi connectivity index (χ3n) is 6.31. The minimum atomic E-state index is -0.250. The van der Waals surface area contributed by atoms with Crippen molar-refractivity contribution >= 4 is 12.2 Å². The molecule has 3 heterocycles. The minimum absolute atomic E-state index is 0.216. The monoisotopic (exact) mass is 405 g/mol. The molecule has 4 rings (SSSR count). The summed E-state index contributed by atoms with van der Waals surface area (Å²) in [5.74, 6) is 0. The standard InChI is InChI=1S/C21H33N3O2.CH2O2/c1-16-2-4-19(5-3-16)23-9-6-17(7-10-23)22-18-12-20-15-26-21(8-11-25)14-24(20)13-18;2-1-3/h2-5,17-18,20-22,25H,6-15H2,1H3;1H,(H,2,3)/t18-,20+,21+;/m1./s1. The Kier molecular flexibility index (Phi) is 8.29. The van der Waals surface area contributed by atoms with Crippen molar-refractivity contribution in [3.8, 4) is 0 Å². The minimum Gasteiger partial charge on any atom is -0.483 e. The predicted molar refractivity (Wildman–Crippen MR) is 113 cm³/mol. The van der Waals surface area contributed by atoms with E-state index in [-0.39, 0.29) is 19.2 Å². The van der Waals surface area contributed by atoms with Crippen molar-refractivity contribution in [1.82, 2.24) is 10.2 Å².